The lowest BCUT2D eigenvalue weighted by Gasteiger charge is -2.39. The number of hydrogen-bond acceptors (Lipinski definition) is 4. The zero-order valence-corrected chi connectivity index (χ0v) is 17.8. The molecule has 1 amide bonds. The molecule has 1 N–H and O–H groups in total. The van der Waals surface area contributed by atoms with Gasteiger partial charge in [-0.05, 0) is 38.0 Å². The van der Waals surface area contributed by atoms with Gasteiger partial charge in [-0.3, -0.25) is 9.48 Å². The van der Waals surface area contributed by atoms with E-state index in [0.29, 0.717) is 24.4 Å². The Morgan fingerprint density at radius 1 is 1.19 bits per heavy atom. The van der Waals surface area contributed by atoms with Gasteiger partial charge in [0.15, 0.2) is 0 Å². The van der Waals surface area contributed by atoms with Gasteiger partial charge in [0.05, 0.1) is 5.69 Å². The van der Waals surface area contributed by atoms with Gasteiger partial charge in [-0.15, -0.1) is 0 Å². The molecule has 0 aromatic carbocycles. The highest BCUT2D eigenvalue weighted by Gasteiger charge is 2.28. The Hall–Kier alpha value is -1.56. The van der Waals surface area contributed by atoms with Gasteiger partial charge in [0, 0.05) is 57.8 Å². The average molecular weight is 376 g/mol. The molecule has 2 fully saturated rings. The number of amides is 1. The van der Waals surface area contributed by atoms with E-state index in [4.69, 9.17) is 0 Å². The lowest BCUT2D eigenvalue weighted by molar-refractivity contribution is -0.134. The first kappa shape index (κ1) is 20.2. The van der Waals surface area contributed by atoms with Crippen molar-refractivity contribution in [2.75, 3.05) is 31.1 Å². The molecular weight excluding hydrogens is 338 g/mol. The zero-order chi connectivity index (χ0) is 19.6. The van der Waals surface area contributed by atoms with Crippen LogP contribution in [0, 0.1) is 12.3 Å². The second-order valence-corrected chi connectivity index (χ2v) is 9.61. The number of rotatable bonds is 4. The third-order valence-electron chi connectivity index (χ3n) is 5.72. The molecule has 1 unspecified atom stereocenters. The van der Waals surface area contributed by atoms with Crippen LogP contribution in [0.5, 0.6) is 0 Å². The summed E-state index contributed by atoms with van der Waals surface area (Å²) in [6, 6.07) is 3.24. The van der Waals surface area contributed by atoms with E-state index in [9.17, 15) is 4.79 Å². The number of anilines is 1. The first-order valence-corrected chi connectivity index (χ1v) is 10.5. The number of aromatic nitrogens is 2. The van der Waals surface area contributed by atoms with Crippen molar-refractivity contribution in [2.24, 2.45) is 12.5 Å². The summed E-state index contributed by atoms with van der Waals surface area (Å²) >= 11 is 0. The minimum atomic E-state index is 0.0713. The van der Waals surface area contributed by atoms with Crippen LogP contribution < -0.4 is 10.2 Å². The van der Waals surface area contributed by atoms with E-state index in [2.05, 4.69) is 54.0 Å². The smallest absolute Gasteiger partial charge is 0.223 e. The number of carbonyl (C=O) groups is 1. The predicted molar refractivity (Wildman–Crippen MR) is 110 cm³/mol. The van der Waals surface area contributed by atoms with Crippen molar-refractivity contribution in [3.8, 4) is 0 Å². The third-order valence-corrected chi connectivity index (χ3v) is 5.72. The Morgan fingerprint density at radius 3 is 2.48 bits per heavy atom. The number of nitrogens with one attached hydrogen (secondary N) is 1. The molecular formula is C21H37N5O. The second kappa shape index (κ2) is 8.21. The molecule has 3 rings (SSSR count). The Labute approximate surface area is 164 Å². The first-order valence-electron chi connectivity index (χ1n) is 10.5. The first-order chi connectivity index (χ1) is 12.7. The van der Waals surface area contributed by atoms with E-state index in [1.807, 2.05) is 11.7 Å². The van der Waals surface area contributed by atoms with Crippen molar-refractivity contribution in [1.29, 1.82) is 0 Å². The minimum Gasteiger partial charge on any atom is -0.355 e. The highest BCUT2D eigenvalue weighted by atomic mass is 16.2. The van der Waals surface area contributed by atoms with Gasteiger partial charge in [0.1, 0.15) is 5.82 Å². The van der Waals surface area contributed by atoms with Gasteiger partial charge in [0.25, 0.3) is 0 Å². The monoisotopic (exact) mass is 375 g/mol. The quantitative estimate of drug-likeness (QED) is 0.879. The highest BCUT2D eigenvalue weighted by molar-refractivity contribution is 5.76. The molecule has 2 aliphatic rings. The van der Waals surface area contributed by atoms with E-state index in [-0.39, 0.29) is 5.41 Å². The van der Waals surface area contributed by atoms with Crippen molar-refractivity contribution in [1.82, 2.24) is 20.0 Å². The van der Waals surface area contributed by atoms with Gasteiger partial charge in [0.2, 0.25) is 5.91 Å². The number of nitrogens with zero attached hydrogens (tertiary/aromatic N) is 4. The molecule has 2 aliphatic heterocycles. The Bertz CT molecular complexity index is 639. The third kappa shape index (κ3) is 5.47. The zero-order valence-electron chi connectivity index (χ0n) is 17.8. The number of carbonyl (C=O) groups excluding carboxylic acids is 1. The summed E-state index contributed by atoms with van der Waals surface area (Å²) in [7, 11) is 2.03. The minimum absolute atomic E-state index is 0.0713. The molecule has 1 aromatic rings. The normalized spacial score (nSPS) is 22.3. The molecule has 6 heteroatoms. The lowest BCUT2D eigenvalue weighted by atomic mass is 9.91. The molecule has 1 atom stereocenters. The van der Waals surface area contributed by atoms with Crippen molar-refractivity contribution >= 4 is 11.7 Å². The van der Waals surface area contributed by atoms with Crippen LogP contribution in [0.2, 0.25) is 0 Å². The number of aryl methyl sites for hydroxylation is 2. The number of likely N-dealkylation sites (tertiary alicyclic amines) is 1. The maximum absolute atomic E-state index is 12.4. The van der Waals surface area contributed by atoms with Gasteiger partial charge in [-0.2, -0.15) is 5.10 Å². The summed E-state index contributed by atoms with van der Waals surface area (Å²) in [6.07, 6.45) is 5.22. The van der Waals surface area contributed by atoms with Crippen LogP contribution in [0.25, 0.3) is 0 Å². The van der Waals surface area contributed by atoms with Crippen LogP contribution in [0.3, 0.4) is 0 Å². The summed E-state index contributed by atoms with van der Waals surface area (Å²) in [6.45, 7) is 12.4. The van der Waals surface area contributed by atoms with Crippen LogP contribution in [0.1, 0.15) is 58.6 Å². The fourth-order valence-electron chi connectivity index (χ4n) is 4.41. The molecule has 6 nitrogen and oxygen atoms in total. The Balaban J connectivity index is 1.47. The summed E-state index contributed by atoms with van der Waals surface area (Å²) in [5, 5.41) is 8.38. The molecule has 2 saturated heterocycles. The fraction of sp³-hybridized carbons (Fsp3) is 0.810. The van der Waals surface area contributed by atoms with Crippen molar-refractivity contribution in [2.45, 2.75) is 71.9 Å². The van der Waals surface area contributed by atoms with E-state index in [0.717, 1.165) is 44.7 Å². The van der Waals surface area contributed by atoms with Crippen LogP contribution in [-0.2, 0) is 11.8 Å². The second-order valence-electron chi connectivity index (χ2n) is 9.61. The molecule has 152 valence electrons. The highest BCUT2D eigenvalue weighted by Crippen LogP contribution is 2.23. The van der Waals surface area contributed by atoms with E-state index >= 15 is 0 Å². The summed E-state index contributed by atoms with van der Waals surface area (Å²) in [5.74, 6) is 1.54. The summed E-state index contributed by atoms with van der Waals surface area (Å²) in [4.78, 5) is 17.0. The predicted octanol–water partition coefficient (Wildman–Crippen LogP) is 2.71. The van der Waals surface area contributed by atoms with Crippen LogP contribution in [-0.4, -0.2) is 58.9 Å². The maximum atomic E-state index is 12.4. The summed E-state index contributed by atoms with van der Waals surface area (Å²) in [5.41, 5.74) is 1.15. The van der Waals surface area contributed by atoms with Gasteiger partial charge < -0.3 is 15.1 Å². The van der Waals surface area contributed by atoms with E-state index in [1.54, 1.807) is 0 Å². The molecule has 0 radical (unpaired) electrons. The van der Waals surface area contributed by atoms with E-state index < -0.39 is 0 Å². The van der Waals surface area contributed by atoms with Crippen LogP contribution in [0.15, 0.2) is 6.07 Å². The lowest BCUT2D eigenvalue weighted by Crippen LogP contribution is -2.53. The SMILES string of the molecule is Cc1cc(N2CCCC(NC3CCN(C(=O)CC(C)(C)C)CC3)C2)n(C)n1. The van der Waals surface area contributed by atoms with Crippen LogP contribution in [0.4, 0.5) is 5.82 Å². The molecule has 27 heavy (non-hydrogen) atoms. The molecule has 0 spiro atoms. The van der Waals surface area contributed by atoms with Gasteiger partial charge >= 0.3 is 0 Å². The Morgan fingerprint density at radius 2 is 1.89 bits per heavy atom. The molecule has 0 saturated carbocycles. The molecule has 1 aromatic heterocycles. The largest absolute Gasteiger partial charge is 0.355 e. The summed E-state index contributed by atoms with van der Waals surface area (Å²) < 4.78 is 2.00. The Kier molecular flexibility index (Phi) is 6.14. The van der Waals surface area contributed by atoms with Crippen LogP contribution >= 0.6 is 0 Å². The fourth-order valence-corrected chi connectivity index (χ4v) is 4.41. The number of piperidine rings is 2. The number of hydrogen-bond donors (Lipinski definition) is 1. The van der Waals surface area contributed by atoms with Crippen molar-refractivity contribution < 1.29 is 4.79 Å². The van der Waals surface area contributed by atoms with Gasteiger partial charge in [-0.25, -0.2) is 0 Å². The van der Waals surface area contributed by atoms with Crippen molar-refractivity contribution in [3.63, 3.8) is 0 Å². The topological polar surface area (TPSA) is 53.4 Å². The maximum Gasteiger partial charge on any atom is 0.223 e. The van der Waals surface area contributed by atoms with Crippen molar-refractivity contribution in [3.05, 3.63) is 11.8 Å². The standard InChI is InChI=1S/C21H37N5O/c1-16-13-19(24(5)23-16)26-10-6-7-18(15-26)22-17-8-11-25(12-9-17)20(27)14-21(2,3)4/h13,17-18,22H,6-12,14-15H2,1-5H3. The van der Waals surface area contributed by atoms with Gasteiger partial charge in [-0.1, -0.05) is 20.8 Å². The molecule has 0 bridgehead atoms. The average Bonchev–Trinajstić information content (AvgIpc) is 2.92. The van der Waals surface area contributed by atoms with E-state index in [1.165, 1.54) is 18.7 Å². The molecule has 3 heterocycles. The molecule has 0 aliphatic carbocycles.